The predicted molar refractivity (Wildman–Crippen MR) is 97.8 cm³/mol. The van der Waals surface area contributed by atoms with Gasteiger partial charge in [-0.1, -0.05) is 0 Å². The summed E-state index contributed by atoms with van der Waals surface area (Å²) in [5.41, 5.74) is 2.42. The average Bonchev–Trinajstić information content (AvgIpc) is 2.81. The number of nitrogens with one attached hydrogen (secondary N) is 1. The van der Waals surface area contributed by atoms with E-state index >= 15 is 0 Å². The Hall–Kier alpha value is -3.15. The molecule has 26 heavy (non-hydrogen) atoms. The van der Waals surface area contributed by atoms with Crippen LogP contribution in [0.1, 0.15) is 50.5 Å². The van der Waals surface area contributed by atoms with E-state index in [2.05, 4.69) is 5.32 Å². The molecule has 0 spiro atoms. The molecule has 1 aliphatic rings. The second kappa shape index (κ2) is 6.63. The topological polar surface area (TPSA) is 75.7 Å². The van der Waals surface area contributed by atoms with Crippen LogP contribution in [0, 0.1) is 6.92 Å². The molecule has 3 amide bonds. The molecule has 0 aromatic heterocycles. The summed E-state index contributed by atoms with van der Waals surface area (Å²) in [6.07, 6.45) is 0.0691. The fraction of sp³-hybridized carbons (Fsp3) is 0.250. The molecule has 0 unspecified atom stereocenters. The second-order valence-electron chi connectivity index (χ2n) is 6.53. The van der Waals surface area contributed by atoms with E-state index in [9.17, 15) is 14.4 Å². The third-order valence-electron chi connectivity index (χ3n) is 4.17. The maximum Gasteiger partial charge on any atom is 0.261 e. The van der Waals surface area contributed by atoms with Crippen LogP contribution in [0.2, 0.25) is 0 Å². The molecule has 0 radical (unpaired) electrons. The molecule has 0 fully saturated rings. The molecule has 0 saturated carbocycles. The number of amides is 3. The zero-order valence-corrected chi connectivity index (χ0v) is 15.1. The Morgan fingerprint density at radius 2 is 1.73 bits per heavy atom. The highest BCUT2D eigenvalue weighted by atomic mass is 16.5. The maximum absolute atomic E-state index is 12.5. The highest BCUT2D eigenvalue weighted by molar-refractivity contribution is 6.22. The molecule has 2 aromatic carbocycles. The monoisotopic (exact) mass is 352 g/mol. The van der Waals surface area contributed by atoms with Crippen molar-refractivity contribution in [3.05, 3.63) is 58.7 Å². The Labute approximate surface area is 151 Å². The van der Waals surface area contributed by atoms with Gasteiger partial charge in [0.1, 0.15) is 5.75 Å². The summed E-state index contributed by atoms with van der Waals surface area (Å²) < 4.78 is 5.64. The van der Waals surface area contributed by atoms with E-state index in [1.807, 2.05) is 26.8 Å². The van der Waals surface area contributed by atoms with Crippen LogP contribution >= 0.6 is 0 Å². The zero-order chi connectivity index (χ0) is 19.0. The summed E-state index contributed by atoms with van der Waals surface area (Å²) in [7, 11) is 1.43. The van der Waals surface area contributed by atoms with Crippen molar-refractivity contribution in [2.75, 3.05) is 12.4 Å². The first-order valence-electron chi connectivity index (χ1n) is 8.33. The Morgan fingerprint density at radius 3 is 2.38 bits per heavy atom. The van der Waals surface area contributed by atoms with Crippen LogP contribution < -0.4 is 10.1 Å². The number of benzene rings is 2. The van der Waals surface area contributed by atoms with E-state index in [1.54, 1.807) is 18.2 Å². The number of hydrogen-bond acceptors (Lipinski definition) is 4. The van der Waals surface area contributed by atoms with Crippen molar-refractivity contribution >= 4 is 23.4 Å². The van der Waals surface area contributed by atoms with Crippen molar-refractivity contribution in [3.8, 4) is 5.75 Å². The van der Waals surface area contributed by atoms with E-state index < -0.39 is 5.91 Å². The van der Waals surface area contributed by atoms with Gasteiger partial charge in [0.05, 0.1) is 17.2 Å². The van der Waals surface area contributed by atoms with Gasteiger partial charge in [0.2, 0.25) is 0 Å². The number of anilines is 1. The Kier molecular flexibility index (Phi) is 4.50. The van der Waals surface area contributed by atoms with Gasteiger partial charge in [0, 0.05) is 18.3 Å². The lowest BCUT2D eigenvalue weighted by atomic mass is 10.0. The Bertz CT molecular complexity index is 918. The summed E-state index contributed by atoms with van der Waals surface area (Å²) in [5.74, 6) is -0.358. The lowest BCUT2D eigenvalue weighted by Gasteiger charge is -2.13. The summed E-state index contributed by atoms with van der Waals surface area (Å²) in [5, 5.41) is 2.83. The van der Waals surface area contributed by atoms with Gasteiger partial charge < -0.3 is 10.1 Å². The van der Waals surface area contributed by atoms with Gasteiger partial charge in [0.15, 0.2) is 0 Å². The number of carbonyl (C=O) groups is 3. The smallest absolute Gasteiger partial charge is 0.261 e. The summed E-state index contributed by atoms with van der Waals surface area (Å²) in [6, 6.07) is 9.95. The van der Waals surface area contributed by atoms with Crippen LogP contribution in [0.25, 0.3) is 0 Å². The second-order valence-corrected chi connectivity index (χ2v) is 6.53. The molecular formula is C20H20N2O4. The molecule has 1 N–H and O–H groups in total. The van der Waals surface area contributed by atoms with Crippen LogP contribution in [0.5, 0.6) is 5.75 Å². The number of hydrogen-bond donors (Lipinski definition) is 1. The number of imide groups is 1. The first-order chi connectivity index (χ1) is 12.3. The molecule has 0 bridgehead atoms. The average molecular weight is 352 g/mol. The molecular weight excluding hydrogens is 332 g/mol. The highest BCUT2D eigenvalue weighted by Crippen LogP contribution is 2.25. The molecule has 2 aromatic rings. The van der Waals surface area contributed by atoms with E-state index in [0.717, 1.165) is 16.2 Å². The lowest BCUT2D eigenvalue weighted by molar-refractivity contribution is 0.0693. The van der Waals surface area contributed by atoms with Gasteiger partial charge in [-0.05, 0) is 62.7 Å². The fourth-order valence-corrected chi connectivity index (χ4v) is 2.82. The first kappa shape index (κ1) is 17.7. The van der Waals surface area contributed by atoms with Crippen LogP contribution in [0.4, 0.5) is 5.69 Å². The fourth-order valence-electron chi connectivity index (χ4n) is 2.82. The Balaban J connectivity index is 1.81. The number of carbonyl (C=O) groups excluding carboxylic acids is 3. The summed E-state index contributed by atoms with van der Waals surface area (Å²) in [6.45, 7) is 5.77. The first-order valence-corrected chi connectivity index (χ1v) is 8.33. The molecule has 6 nitrogen and oxygen atoms in total. The highest BCUT2D eigenvalue weighted by Gasteiger charge is 2.33. The van der Waals surface area contributed by atoms with E-state index in [1.165, 1.54) is 19.2 Å². The van der Waals surface area contributed by atoms with Crippen molar-refractivity contribution in [1.29, 1.82) is 0 Å². The molecule has 6 heteroatoms. The largest absolute Gasteiger partial charge is 0.491 e. The minimum Gasteiger partial charge on any atom is -0.491 e. The standard InChI is InChI=1S/C20H20N2O4/c1-11(2)26-14-6-8-17(12(3)9-14)21-18(23)13-5-7-15-16(10-13)20(25)22(4)19(15)24/h5-11H,1-4H3,(H,21,23). The maximum atomic E-state index is 12.5. The number of nitrogens with zero attached hydrogens (tertiary/aromatic N) is 1. The minimum atomic E-state index is -0.397. The van der Waals surface area contributed by atoms with E-state index in [0.29, 0.717) is 16.8 Å². The van der Waals surface area contributed by atoms with Crippen LogP contribution in [-0.4, -0.2) is 35.8 Å². The zero-order valence-electron chi connectivity index (χ0n) is 15.1. The molecule has 134 valence electrons. The molecule has 3 rings (SSSR count). The number of ether oxygens (including phenoxy) is 1. The van der Waals surface area contributed by atoms with Gasteiger partial charge in [0.25, 0.3) is 17.7 Å². The van der Waals surface area contributed by atoms with Crippen LogP contribution in [0.3, 0.4) is 0 Å². The lowest BCUT2D eigenvalue weighted by Crippen LogP contribution is -2.24. The van der Waals surface area contributed by atoms with E-state index in [-0.39, 0.29) is 23.5 Å². The minimum absolute atomic E-state index is 0.0691. The van der Waals surface area contributed by atoms with Gasteiger partial charge in [-0.15, -0.1) is 0 Å². The van der Waals surface area contributed by atoms with Crippen molar-refractivity contribution in [2.24, 2.45) is 0 Å². The molecule has 1 aliphatic heterocycles. The predicted octanol–water partition coefficient (Wildman–Crippen LogP) is 3.26. The van der Waals surface area contributed by atoms with Crippen LogP contribution in [-0.2, 0) is 0 Å². The molecule has 0 aliphatic carbocycles. The van der Waals surface area contributed by atoms with Gasteiger partial charge in [-0.3, -0.25) is 19.3 Å². The van der Waals surface area contributed by atoms with Crippen molar-refractivity contribution < 1.29 is 19.1 Å². The van der Waals surface area contributed by atoms with Gasteiger partial charge in [-0.25, -0.2) is 0 Å². The number of aryl methyl sites for hydroxylation is 1. The third kappa shape index (κ3) is 3.18. The van der Waals surface area contributed by atoms with Gasteiger partial charge in [-0.2, -0.15) is 0 Å². The van der Waals surface area contributed by atoms with Gasteiger partial charge >= 0.3 is 0 Å². The normalized spacial score (nSPS) is 13.2. The molecule has 1 heterocycles. The van der Waals surface area contributed by atoms with Crippen molar-refractivity contribution in [1.82, 2.24) is 4.90 Å². The SMILES string of the molecule is Cc1cc(OC(C)C)ccc1NC(=O)c1ccc2c(c1)C(=O)N(C)C2=O. The quantitative estimate of drug-likeness (QED) is 0.857. The van der Waals surface area contributed by atoms with Crippen LogP contribution in [0.15, 0.2) is 36.4 Å². The molecule has 0 atom stereocenters. The summed E-state index contributed by atoms with van der Waals surface area (Å²) >= 11 is 0. The number of fused-ring (bicyclic) bond motifs is 1. The molecule has 0 saturated heterocycles. The van der Waals surface area contributed by atoms with Crippen molar-refractivity contribution in [3.63, 3.8) is 0 Å². The summed E-state index contributed by atoms with van der Waals surface area (Å²) in [4.78, 5) is 37.6. The van der Waals surface area contributed by atoms with E-state index in [4.69, 9.17) is 4.74 Å². The third-order valence-corrected chi connectivity index (χ3v) is 4.17. The number of rotatable bonds is 4. The Morgan fingerprint density at radius 1 is 1.04 bits per heavy atom. The van der Waals surface area contributed by atoms with Crippen molar-refractivity contribution in [2.45, 2.75) is 26.9 Å².